The van der Waals surface area contributed by atoms with Crippen LogP contribution >= 0.6 is 0 Å². The van der Waals surface area contributed by atoms with E-state index in [0.717, 1.165) is 6.07 Å². The van der Waals surface area contributed by atoms with Crippen LogP contribution in [0.3, 0.4) is 0 Å². The van der Waals surface area contributed by atoms with Gasteiger partial charge in [-0.2, -0.15) is 0 Å². The molecule has 1 fully saturated rings. The number of ether oxygens (including phenoxy) is 2. The van der Waals surface area contributed by atoms with Gasteiger partial charge in [0.2, 0.25) is 6.29 Å². The first-order valence-electron chi connectivity index (χ1n) is 6.15. The first-order chi connectivity index (χ1) is 9.93. The van der Waals surface area contributed by atoms with Crippen LogP contribution in [0.5, 0.6) is 5.75 Å². The fourth-order valence-electron chi connectivity index (χ4n) is 1.97. The summed E-state index contributed by atoms with van der Waals surface area (Å²) in [5.74, 6) is 0.0496. The average molecular weight is 301 g/mol. The number of nitrogens with zero attached hydrogens (tertiary/aromatic N) is 1. The molecular weight excluding hydrogens is 286 g/mol. The van der Waals surface area contributed by atoms with Gasteiger partial charge < -0.3 is 29.9 Å². The second kappa shape index (κ2) is 6.33. The van der Waals surface area contributed by atoms with Gasteiger partial charge >= 0.3 is 0 Å². The van der Waals surface area contributed by atoms with Gasteiger partial charge in [0.25, 0.3) is 5.69 Å². The summed E-state index contributed by atoms with van der Waals surface area (Å²) in [7, 11) is 0. The highest BCUT2D eigenvalue weighted by Gasteiger charge is 2.44. The van der Waals surface area contributed by atoms with Gasteiger partial charge in [-0.25, -0.2) is 0 Å². The first kappa shape index (κ1) is 15.6. The zero-order chi connectivity index (χ0) is 15.6. The van der Waals surface area contributed by atoms with Crippen molar-refractivity contribution in [3.8, 4) is 5.75 Å². The second-order valence-electron chi connectivity index (χ2n) is 4.57. The molecular formula is C12H15NO8. The number of aliphatic hydroxyl groups excluding tert-OH is 4. The molecule has 1 saturated heterocycles. The van der Waals surface area contributed by atoms with E-state index >= 15 is 0 Å². The Hall–Kier alpha value is -1.78. The Bertz CT molecular complexity index is 508. The van der Waals surface area contributed by atoms with Crippen LogP contribution in [0.4, 0.5) is 5.69 Å². The lowest BCUT2D eigenvalue weighted by molar-refractivity contribution is -0.385. The predicted octanol–water partition coefficient (Wildman–Crippen LogP) is -1.23. The third-order valence-corrected chi connectivity index (χ3v) is 3.13. The number of nitro groups is 1. The van der Waals surface area contributed by atoms with Crippen LogP contribution in [-0.4, -0.2) is 62.7 Å². The van der Waals surface area contributed by atoms with Crippen molar-refractivity contribution in [1.29, 1.82) is 0 Å². The molecule has 1 aliphatic heterocycles. The Morgan fingerprint density at radius 2 is 1.95 bits per heavy atom. The lowest BCUT2D eigenvalue weighted by Gasteiger charge is -2.39. The molecule has 0 saturated carbocycles. The minimum atomic E-state index is -1.57. The average Bonchev–Trinajstić information content (AvgIpc) is 2.48. The van der Waals surface area contributed by atoms with Crippen molar-refractivity contribution in [2.24, 2.45) is 0 Å². The highest BCUT2D eigenvalue weighted by molar-refractivity contribution is 5.38. The molecule has 0 amide bonds. The normalized spacial score (nSPS) is 32.7. The van der Waals surface area contributed by atoms with E-state index in [4.69, 9.17) is 14.6 Å². The molecule has 0 radical (unpaired) electrons. The number of aliphatic hydroxyl groups is 4. The van der Waals surface area contributed by atoms with Crippen molar-refractivity contribution in [3.05, 3.63) is 34.4 Å². The Morgan fingerprint density at radius 3 is 2.57 bits per heavy atom. The topological polar surface area (TPSA) is 143 Å². The van der Waals surface area contributed by atoms with Gasteiger partial charge in [0.15, 0.2) is 0 Å². The summed E-state index contributed by atoms with van der Waals surface area (Å²) in [4.78, 5) is 10.1. The third kappa shape index (κ3) is 3.28. The first-order valence-corrected chi connectivity index (χ1v) is 6.15. The molecule has 116 valence electrons. The van der Waals surface area contributed by atoms with Gasteiger partial charge in [0.1, 0.15) is 30.2 Å². The number of benzene rings is 1. The molecule has 21 heavy (non-hydrogen) atoms. The fourth-order valence-corrected chi connectivity index (χ4v) is 1.97. The number of hydrogen-bond donors (Lipinski definition) is 4. The van der Waals surface area contributed by atoms with Crippen LogP contribution in [0.1, 0.15) is 0 Å². The Labute approximate surface area is 119 Å². The molecule has 0 aromatic heterocycles. The van der Waals surface area contributed by atoms with Crippen molar-refractivity contribution >= 4 is 5.69 Å². The van der Waals surface area contributed by atoms with Gasteiger partial charge in [-0.3, -0.25) is 10.1 Å². The van der Waals surface area contributed by atoms with E-state index in [0.29, 0.717) is 0 Å². The summed E-state index contributed by atoms with van der Waals surface area (Å²) >= 11 is 0. The van der Waals surface area contributed by atoms with E-state index in [2.05, 4.69) is 0 Å². The molecule has 9 nitrogen and oxygen atoms in total. The van der Waals surface area contributed by atoms with Gasteiger partial charge in [-0.15, -0.1) is 0 Å². The van der Waals surface area contributed by atoms with E-state index in [1.807, 2.05) is 0 Å². The molecule has 9 heteroatoms. The van der Waals surface area contributed by atoms with E-state index in [1.54, 1.807) is 0 Å². The second-order valence-corrected chi connectivity index (χ2v) is 4.57. The standard InChI is InChI=1S/C12H15NO8/c14-5-8-9(15)10(16)11(17)12(21-8)20-7-3-1-2-6(4-7)13(18)19/h1-4,8-12,14-17H,5H2/t8-,9-,10+,11-,12+/m1/s1. The number of rotatable bonds is 4. The van der Waals surface area contributed by atoms with Gasteiger partial charge in [-0.1, -0.05) is 6.07 Å². The maximum Gasteiger partial charge on any atom is 0.273 e. The van der Waals surface area contributed by atoms with E-state index in [1.165, 1.54) is 18.2 Å². The molecule has 1 aromatic rings. The molecule has 0 spiro atoms. The molecule has 1 heterocycles. The predicted molar refractivity (Wildman–Crippen MR) is 67.5 cm³/mol. The molecule has 2 rings (SSSR count). The fraction of sp³-hybridized carbons (Fsp3) is 0.500. The number of hydrogen-bond acceptors (Lipinski definition) is 8. The van der Waals surface area contributed by atoms with Crippen LogP contribution in [0.25, 0.3) is 0 Å². The monoisotopic (exact) mass is 301 g/mol. The molecule has 0 bridgehead atoms. The van der Waals surface area contributed by atoms with Crippen LogP contribution in [0, 0.1) is 10.1 Å². The van der Waals surface area contributed by atoms with Crippen LogP contribution < -0.4 is 4.74 Å². The van der Waals surface area contributed by atoms with Crippen molar-refractivity contribution in [2.45, 2.75) is 30.7 Å². The summed E-state index contributed by atoms with van der Waals surface area (Å²) in [6, 6.07) is 5.19. The van der Waals surface area contributed by atoms with Crippen molar-refractivity contribution in [3.63, 3.8) is 0 Å². The molecule has 5 atom stereocenters. The highest BCUT2D eigenvalue weighted by atomic mass is 16.7. The maximum atomic E-state index is 10.7. The molecule has 4 N–H and O–H groups in total. The van der Waals surface area contributed by atoms with E-state index < -0.39 is 42.2 Å². The minimum absolute atomic E-state index is 0.0496. The lowest BCUT2D eigenvalue weighted by atomic mass is 9.99. The largest absolute Gasteiger partial charge is 0.462 e. The highest BCUT2D eigenvalue weighted by Crippen LogP contribution is 2.26. The Morgan fingerprint density at radius 1 is 1.24 bits per heavy atom. The summed E-state index contributed by atoms with van der Waals surface area (Å²) in [6.07, 6.45) is -7.11. The van der Waals surface area contributed by atoms with Crippen molar-refractivity contribution in [1.82, 2.24) is 0 Å². The summed E-state index contributed by atoms with van der Waals surface area (Å²) in [5, 5.41) is 48.7. The minimum Gasteiger partial charge on any atom is -0.462 e. The summed E-state index contributed by atoms with van der Waals surface area (Å²) in [5.41, 5.74) is -0.211. The molecule has 1 aliphatic rings. The van der Waals surface area contributed by atoms with Crippen LogP contribution in [-0.2, 0) is 4.74 Å². The maximum absolute atomic E-state index is 10.7. The summed E-state index contributed by atoms with van der Waals surface area (Å²) in [6.45, 7) is -0.584. The van der Waals surface area contributed by atoms with Crippen molar-refractivity contribution < 1.29 is 34.8 Å². The van der Waals surface area contributed by atoms with Crippen molar-refractivity contribution in [2.75, 3.05) is 6.61 Å². The Kier molecular flexibility index (Phi) is 4.70. The quantitative estimate of drug-likeness (QED) is 0.400. The van der Waals surface area contributed by atoms with Crippen LogP contribution in [0.15, 0.2) is 24.3 Å². The van der Waals surface area contributed by atoms with Gasteiger partial charge in [0.05, 0.1) is 17.6 Å². The molecule has 0 unspecified atom stereocenters. The van der Waals surface area contributed by atoms with E-state index in [-0.39, 0.29) is 11.4 Å². The van der Waals surface area contributed by atoms with Gasteiger partial charge in [-0.05, 0) is 6.07 Å². The zero-order valence-electron chi connectivity index (χ0n) is 10.8. The third-order valence-electron chi connectivity index (χ3n) is 3.13. The lowest BCUT2D eigenvalue weighted by Crippen LogP contribution is -2.60. The van der Waals surface area contributed by atoms with Gasteiger partial charge in [0, 0.05) is 6.07 Å². The van der Waals surface area contributed by atoms with Crippen LogP contribution in [0.2, 0.25) is 0 Å². The smallest absolute Gasteiger partial charge is 0.273 e. The number of nitro benzene ring substituents is 1. The van der Waals surface area contributed by atoms with E-state index in [9.17, 15) is 25.4 Å². The molecule has 1 aromatic carbocycles. The Balaban J connectivity index is 2.14. The SMILES string of the molecule is O=[N+]([O-])c1cccc(O[C@H]2O[C@H](CO)[C@@H](O)[C@H](O)[C@H]2O)c1. The molecule has 0 aliphatic carbocycles. The summed E-state index contributed by atoms with van der Waals surface area (Å²) < 4.78 is 10.4. The zero-order valence-corrected chi connectivity index (χ0v) is 10.8. The number of non-ortho nitro benzene ring substituents is 1.